The molecule has 0 aliphatic carbocycles. The quantitative estimate of drug-likeness (QED) is 0.838. The van der Waals surface area contributed by atoms with E-state index in [0.717, 1.165) is 21.9 Å². The molecule has 1 unspecified atom stereocenters. The lowest BCUT2D eigenvalue weighted by Gasteiger charge is -2.25. The van der Waals surface area contributed by atoms with E-state index in [1.165, 1.54) is 0 Å². The zero-order chi connectivity index (χ0) is 12.5. The van der Waals surface area contributed by atoms with Crippen molar-refractivity contribution in [2.45, 2.75) is 13.0 Å². The molecule has 2 aromatic carbocycles. The van der Waals surface area contributed by atoms with Crippen molar-refractivity contribution in [1.82, 2.24) is 0 Å². The van der Waals surface area contributed by atoms with Gasteiger partial charge < -0.3 is 14.6 Å². The summed E-state index contributed by atoms with van der Waals surface area (Å²) in [6.07, 6.45) is -0.0389. The standard InChI is InChI=1S/C15H16O3/c1-10-8-13(14-9-17-6-7-18-14)11-4-2-3-5-12(11)15(10)16/h2-5,8,14,16H,6-7,9H2,1H3. The molecule has 0 aromatic heterocycles. The summed E-state index contributed by atoms with van der Waals surface area (Å²) in [4.78, 5) is 0. The molecule has 0 saturated carbocycles. The van der Waals surface area contributed by atoms with Crippen LogP contribution < -0.4 is 0 Å². The molecule has 0 radical (unpaired) electrons. The number of aryl methyl sites for hydroxylation is 1. The SMILES string of the molecule is Cc1cc(C2COCCO2)c2ccccc2c1O. The Morgan fingerprint density at radius 2 is 1.94 bits per heavy atom. The monoisotopic (exact) mass is 244 g/mol. The molecule has 1 saturated heterocycles. The van der Waals surface area contributed by atoms with Crippen LogP contribution in [-0.4, -0.2) is 24.9 Å². The molecule has 1 atom stereocenters. The molecule has 18 heavy (non-hydrogen) atoms. The van der Waals surface area contributed by atoms with Crippen LogP contribution in [0.4, 0.5) is 0 Å². The second-order valence-corrected chi connectivity index (χ2v) is 4.61. The van der Waals surface area contributed by atoms with Crippen LogP contribution in [0.25, 0.3) is 10.8 Å². The average Bonchev–Trinajstić information content (AvgIpc) is 2.44. The third-order valence-corrected chi connectivity index (χ3v) is 3.40. The van der Waals surface area contributed by atoms with E-state index in [-0.39, 0.29) is 6.10 Å². The van der Waals surface area contributed by atoms with Gasteiger partial charge in [-0.25, -0.2) is 0 Å². The molecule has 2 aromatic rings. The van der Waals surface area contributed by atoms with Gasteiger partial charge >= 0.3 is 0 Å². The highest BCUT2D eigenvalue weighted by atomic mass is 16.6. The molecule has 3 nitrogen and oxygen atoms in total. The maximum atomic E-state index is 10.1. The second-order valence-electron chi connectivity index (χ2n) is 4.61. The zero-order valence-electron chi connectivity index (χ0n) is 10.3. The van der Waals surface area contributed by atoms with Gasteiger partial charge in [0.25, 0.3) is 0 Å². The normalized spacial score (nSPS) is 20.2. The Labute approximate surface area is 106 Å². The summed E-state index contributed by atoms with van der Waals surface area (Å²) < 4.78 is 11.2. The van der Waals surface area contributed by atoms with Crippen molar-refractivity contribution < 1.29 is 14.6 Å². The van der Waals surface area contributed by atoms with E-state index in [2.05, 4.69) is 0 Å². The second kappa shape index (κ2) is 4.59. The number of ether oxygens (including phenoxy) is 2. The molecule has 3 heteroatoms. The smallest absolute Gasteiger partial charge is 0.126 e. The number of phenolic OH excluding ortho intramolecular Hbond substituents is 1. The number of hydrogen-bond donors (Lipinski definition) is 1. The average molecular weight is 244 g/mol. The van der Waals surface area contributed by atoms with E-state index in [0.29, 0.717) is 25.6 Å². The van der Waals surface area contributed by atoms with Crippen molar-refractivity contribution >= 4 is 10.8 Å². The number of aromatic hydroxyl groups is 1. The third-order valence-electron chi connectivity index (χ3n) is 3.40. The van der Waals surface area contributed by atoms with E-state index < -0.39 is 0 Å². The summed E-state index contributed by atoms with van der Waals surface area (Å²) in [5, 5.41) is 12.0. The van der Waals surface area contributed by atoms with Crippen LogP contribution in [0.15, 0.2) is 30.3 Å². The fraction of sp³-hybridized carbons (Fsp3) is 0.333. The molecule has 0 spiro atoms. The van der Waals surface area contributed by atoms with Gasteiger partial charge in [0, 0.05) is 5.39 Å². The van der Waals surface area contributed by atoms with Gasteiger partial charge in [-0.15, -0.1) is 0 Å². The highest BCUT2D eigenvalue weighted by molar-refractivity contribution is 5.92. The molecular weight excluding hydrogens is 228 g/mol. The van der Waals surface area contributed by atoms with Gasteiger partial charge in [0.1, 0.15) is 11.9 Å². The van der Waals surface area contributed by atoms with E-state index in [1.807, 2.05) is 37.3 Å². The summed E-state index contributed by atoms with van der Waals surface area (Å²) in [7, 11) is 0. The molecule has 1 heterocycles. The van der Waals surface area contributed by atoms with Gasteiger partial charge in [-0.3, -0.25) is 0 Å². The minimum absolute atomic E-state index is 0.0389. The summed E-state index contributed by atoms with van der Waals surface area (Å²) in [6.45, 7) is 3.77. The van der Waals surface area contributed by atoms with Crippen molar-refractivity contribution in [2.75, 3.05) is 19.8 Å². The Balaban J connectivity index is 2.18. The number of fused-ring (bicyclic) bond motifs is 1. The van der Waals surface area contributed by atoms with Crippen molar-refractivity contribution in [2.24, 2.45) is 0 Å². The fourth-order valence-electron chi connectivity index (χ4n) is 2.47. The van der Waals surface area contributed by atoms with Gasteiger partial charge in [-0.1, -0.05) is 24.3 Å². The first-order chi connectivity index (χ1) is 8.77. The Kier molecular flexibility index (Phi) is 2.94. The molecule has 1 aliphatic heterocycles. The first kappa shape index (κ1) is 11.5. The summed E-state index contributed by atoms with van der Waals surface area (Å²) in [5.74, 6) is 0.353. The van der Waals surface area contributed by atoms with Gasteiger partial charge in [-0.05, 0) is 29.5 Å². The molecule has 3 rings (SSSR count). The van der Waals surface area contributed by atoms with Gasteiger partial charge in [0.2, 0.25) is 0 Å². The Bertz CT molecular complexity index is 571. The maximum Gasteiger partial charge on any atom is 0.126 e. The van der Waals surface area contributed by atoms with Crippen LogP contribution in [0.5, 0.6) is 5.75 Å². The number of benzene rings is 2. The lowest BCUT2D eigenvalue weighted by molar-refractivity contribution is -0.0895. The largest absolute Gasteiger partial charge is 0.507 e. The highest BCUT2D eigenvalue weighted by Gasteiger charge is 2.20. The zero-order valence-corrected chi connectivity index (χ0v) is 10.3. The van der Waals surface area contributed by atoms with Gasteiger partial charge in [0.05, 0.1) is 19.8 Å². The van der Waals surface area contributed by atoms with Gasteiger partial charge in [-0.2, -0.15) is 0 Å². The Morgan fingerprint density at radius 1 is 1.17 bits per heavy atom. The van der Waals surface area contributed by atoms with Crippen LogP contribution in [-0.2, 0) is 9.47 Å². The molecule has 1 fully saturated rings. The lowest BCUT2D eigenvalue weighted by Crippen LogP contribution is -2.22. The number of rotatable bonds is 1. The molecule has 0 bridgehead atoms. The minimum atomic E-state index is -0.0389. The van der Waals surface area contributed by atoms with Crippen LogP contribution in [0.1, 0.15) is 17.2 Å². The summed E-state index contributed by atoms with van der Waals surface area (Å²) >= 11 is 0. The highest BCUT2D eigenvalue weighted by Crippen LogP contribution is 2.35. The van der Waals surface area contributed by atoms with E-state index in [9.17, 15) is 5.11 Å². The molecule has 1 aliphatic rings. The van der Waals surface area contributed by atoms with E-state index in [4.69, 9.17) is 9.47 Å². The predicted molar refractivity (Wildman–Crippen MR) is 69.9 cm³/mol. The number of phenols is 1. The fourth-order valence-corrected chi connectivity index (χ4v) is 2.47. The van der Waals surface area contributed by atoms with Crippen LogP contribution in [0.3, 0.4) is 0 Å². The van der Waals surface area contributed by atoms with Gasteiger partial charge in [0.15, 0.2) is 0 Å². The summed E-state index contributed by atoms with van der Waals surface area (Å²) in [6, 6.07) is 9.86. The van der Waals surface area contributed by atoms with Crippen LogP contribution >= 0.6 is 0 Å². The maximum absolute atomic E-state index is 10.1. The first-order valence-electron chi connectivity index (χ1n) is 6.18. The van der Waals surface area contributed by atoms with Crippen molar-refractivity contribution in [3.63, 3.8) is 0 Å². The Morgan fingerprint density at radius 3 is 2.67 bits per heavy atom. The van der Waals surface area contributed by atoms with E-state index in [1.54, 1.807) is 0 Å². The van der Waals surface area contributed by atoms with E-state index >= 15 is 0 Å². The molecule has 94 valence electrons. The minimum Gasteiger partial charge on any atom is -0.507 e. The lowest BCUT2D eigenvalue weighted by atomic mass is 9.96. The van der Waals surface area contributed by atoms with Crippen molar-refractivity contribution in [3.05, 3.63) is 41.5 Å². The Hall–Kier alpha value is -1.58. The predicted octanol–water partition coefficient (Wildman–Crippen LogP) is 2.94. The molecular formula is C15H16O3. The van der Waals surface area contributed by atoms with Crippen molar-refractivity contribution in [1.29, 1.82) is 0 Å². The topological polar surface area (TPSA) is 38.7 Å². The first-order valence-corrected chi connectivity index (χ1v) is 6.18. The molecule has 1 N–H and O–H groups in total. The van der Waals surface area contributed by atoms with Crippen LogP contribution in [0, 0.1) is 6.92 Å². The third kappa shape index (κ3) is 1.85. The van der Waals surface area contributed by atoms with Crippen LogP contribution in [0.2, 0.25) is 0 Å². The van der Waals surface area contributed by atoms with Crippen molar-refractivity contribution in [3.8, 4) is 5.75 Å². The molecule has 0 amide bonds. The number of hydrogen-bond acceptors (Lipinski definition) is 3. The summed E-state index contributed by atoms with van der Waals surface area (Å²) in [5.41, 5.74) is 1.97.